The van der Waals surface area contributed by atoms with E-state index in [2.05, 4.69) is 15.8 Å². The molecule has 2 unspecified atom stereocenters. The van der Waals surface area contributed by atoms with E-state index in [9.17, 15) is 19.7 Å². The Labute approximate surface area is 163 Å². The number of nitrogens with zero attached hydrogens (tertiary/aromatic N) is 2. The topological polar surface area (TPSA) is 114 Å². The van der Waals surface area contributed by atoms with E-state index in [0.29, 0.717) is 24.2 Å². The fourth-order valence-electron chi connectivity index (χ4n) is 4.64. The van der Waals surface area contributed by atoms with Gasteiger partial charge in [-0.2, -0.15) is 5.10 Å². The van der Waals surface area contributed by atoms with Gasteiger partial charge in [0.1, 0.15) is 11.1 Å². The molecule has 0 aromatic heterocycles. The van der Waals surface area contributed by atoms with Gasteiger partial charge >= 0.3 is 0 Å². The zero-order valence-electron chi connectivity index (χ0n) is 16.8. The molecule has 2 fully saturated rings. The summed E-state index contributed by atoms with van der Waals surface area (Å²) in [4.78, 5) is 36.7. The highest BCUT2D eigenvalue weighted by molar-refractivity contribution is 6.50. The highest BCUT2D eigenvalue weighted by Crippen LogP contribution is 2.69. The molecule has 8 nitrogen and oxygen atoms in total. The molecule has 0 saturated heterocycles. The highest BCUT2D eigenvalue weighted by atomic mass is 16.6. The maximum Gasteiger partial charge on any atom is 0.269 e. The summed E-state index contributed by atoms with van der Waals surface area (Å²) in [6.07, 6.45) is 1.20. The molecule has 150 valence electrons. The normalized spacial score (nSPS) is 29.4. The third kappa shape index (κ3) is 2.54. The number of non-ortho nitro benzene ring substituents is 1. The molecule has 2 aliphatic carbocycles. The van der Waals surface area contributed by atoms with Crippen molar-refractivity contribution in [2.24, 2.45) is 21.3 Å². The van der Waals surface area contributed by atoms with Gasteiger partial charge in [-0.15, -0.1) is 0 Å². The van der Waals surface area contributed by atoms with E-state index in [4.69, 9.17) is 0 Å². The number of hydrazone groups is 1. The number of carbonyl (C=O) groups is 2. The van der Waals surface area contributed by atoms with Crippen molar-refractivity contribution in [3.05, 3.63) is 34.4 Å². The molecule has 1 amide bonds. The van der Waals surface area contributed by atoms with E-state index in [1.54, 1.807) is 0 Å². The second-order valence-electron chi connectivity index (χ2n) is 8.70. The maximum atomic E-state index is 13.4. The van der Waals surface area contributed by atoms with Crippen molar-refractivity contribution in [1.82, 2.24) is 5.32 Å². The summed E-state index contributed by atoms with van der Waals surface area (Å²) < 4.78 is 0. The van der Waals surface area contributed by atoms with E-state index < -0.39 is 21.2 Å². The van der Waals surface area contributed by atoms with Crippen molar-refractivity contribution in [2.75, 3.05) is 5.43 Å². The minimum Gasteiger partial charge on any atom is -0.353 e. The number of nitro benzene ring substituents is 1. The second-order valence-corrected chi connectivity index (χ2v) is 8.70. The summed E-state index contributed by atoms with van der Waals surface area (Å²) in [5.74, 6) is -0.472. The quantitative estimate of drug-likeness (QED) is 0.458. The van der Waals surface area contributed by atoms with Gasteiger partial charge in [0, 0.05) is 23.6 Å². The van der Waals surface area contributed by atoms with Gasteiger partial charge in [0.2, 0.25) is 5.91 Å². The van der Waals surface area contributed by atoms with Crippen LogP contribution in [0.25, 0.3) is 0 Å². The summed E-state index contributed by atoms with van der Waals surface area (Å²) in [6, 6.07) is 5.75. The third-order valence-corrected chi connectivity index (χ3v) is 6.75. The predicted molar refractivity (Wildman–Crippen MR) is 106 cm³/mol. The van der Waals surface area contributed by atoms with Crippen LogP contribution in [0.5, 0.6) is 0 Å². The largest absolute Gasteiger partial charge is 0.353 e. The number of Topliss-reactive ketones (excluding diaryl/α,β-unsaturated/α-hetero) is 1. The molecule has 2 N–H and O–H groups in total. The lowest BCUT2D eigenvalue weighted by Gasteiger charge is -2.38. The minimum absolute atomic E-state index is 0.0217. The Morgan fingerprint density at radius 2 is 1.79 bits per heavy atom. The van der Waals surface area contributed by atoms with Crippen LogP contribution < -0.4 is 10.7 Å². The third-order valence-electron chi connectivity index (χ3n) is 6.75. The van der Waals surface area contributed by atoms with Crippen LogP contribution >= 0.6 is 0 Å². The number of hydrogen-bond acceptors (Lipinski definition) is 6. The Hall–Kier alpha value is -2.77. The molecule has 1 aromatic rings. The number of fused-ring (bicyclic) bond motifs is 2. The molecule has 2 atom stereocenters. The number of rotatable bonds is 5. The molecule has 8 heteroatoms. The lowest BCUT2D eigenvalue weighted by molar-refractivity contribution is -0.384. The summed E-state index contributed by atoms with van der Waals surface area (Å²) in [5, 5.41) is 18.1. The van der Waals surface area contributed by atoms with Crippen LogP contribution in [0.1, 0.15) is 47.5 Å². The van der Waals surface area contributed by atoms with E-state index >= 15 is 0 Å². The van der Waals surface area contributed by atoms with Crippen LogP contribution in [0.2, 0.25) is 0 Å². The van der Waals surface area contributed by atoms with Crippen LogP contribution in [0, 0.1) is 26.4 Å². The molecular weight excluding hydrogens is 360 g/mol. The van der Waals surface area contributed by atoms with Crippen LogP contribution in [0.3, 0.4) is 0 Å². The molecule has 3 rings (SSSR count). The number of nitrogens with one attached hydrogen (secondary N) is 2. The van der Waals surface area contributed by atoms with E-state index in [1.165, 1.54) is 24.3 Å². The molecule has 0 spiro atoms. The number of benzene rings is 1. The average molecular weight is 386 g/mol. The van der Waals surface area contributed by atoms with Gasteiger partial charge in [-0.05, 0) is 44.2 Å². The van der Waals surface area contributed by atoms with Crippen molar-refractivity contribution in [1.29, 1.82) is 0 Å². The van der Waals surface area contributed by atoms with Crippen LogP contribution in [0.4, 0.5) is 11.4 Å². The summed E-state index contributed by atoms with van der Waals surface area (Å²) in [7, 11) is 0. The predicted octanol–water partition coefficient (Wildman–Crippen LogP) is 3.28. The van der Waals surface area contributed by atoms with Crippen molar-refractivity contribution >= 4 is 28.8 Å². The Balaban J connectivity index is 1.95. The zero-order valence-corrected chi connectivity index (χ0v) is 16.8. The monoisotopic (exact) mass is 386 g/mol. The molecule has 2 bridgehead atoms. The fourth-order valence-corrected chi connectivity index (χ4v) is 4.64. The zero-order chi connectivity index (χ0) is 20.9. The van der Waals surface area contributed by atoms with Gasteiger partial charge < -0.3 is 5.32 Å². The Bertz CT molecular complexity index is 875. The van der Waals surface area contributed by atoms with Crippen LogP contribution in [-0.4, -0.2) is 28.4 Å². The lowest BCUT2D eigenvalue weighted by atomic mass is 9.64. The van der Waals surface area contributed by atoms with Gasteiger partial charge in [-0.1, -0.05) is 20.8 Å². The maximum absolute atomic E-state index is 13.4. The molecular formula is C20H26N4O4. The van der Waals surface area contributed by atoms with Crippen LogP contribution in [0.15, 0.2) is 29.4 Å². The van der Waals surface area contributed by atoms with Crippen molar-refractivity contribution < 1.29 is 14.5 Å². The lowest BCUT2D eigenvalue weighted by Crippen LogP contribution is -2.52. The first-order valence-corrected chi connectivity index (χ1v) is 9.42. The first-order valence-electron chi connectivity index (χ1n) is 9.42. The Kier molecular flexibility index (Phi) is 4.56. The molecule has 28 heavy (non-hydrogen) atoms. The summed E-state index contributed by atoms with van der Waals surface area (Å²) in [5.41, 5.74) is 1.48. The average Bonchev–Trinajstić information content (AvgIpc) is 2.89. The molecule has 2 saturated carbocycles. The molecule has 0 radical (unpaired) electrons. The number of carbonyl (C=O) groups excluding carboxylic acids is 2. The van der Waals surface area contributed by atoms with Gasteiger partial charge in [0.15, 0.2) is 5.78 Å². The van der Waals surface area contributed by atoms with Gasteiger partial charge in [-0.3, -0.25) is 25.1 Å². The summed E-state index contributed by atoms with van der Waals surface area (Å²) >= 11 is 0. The second kappa shape index (κ2) is 6.39. The van der Waals surface area contributed by atoms with Gasteiger partial charge in [0.25, 0.3) is 5.69 Å². The number of nitro groups is 1. The van der Waals surface area contributed by atoms with Crippen LogP contribution in [-0.2, 0) is 9.59 Å². The van der Waals surface area contributed by atoms with E-state index in [0.717, 1.165) is 0 Å². The van der Waals surface area contributed by atoms with Crippen molar-refractivity contribution in [2.45, 2.75) is 53.5 Å². The van der Waals surface area contributed by atoms with Gasteiger partial charge in [-0.25, -0.2) is 0 Å². The Morgan fingerprint density at radius 3 is 2.32 bits per heavy atom. The summed E-state index contributed by atoms with van der Waals surface area (Å²) in [6.45, 7) is 9.66. The van der Waals surface area contributed by atoms with Crippen molar-refractivity contribution in [3.8, 4) is 0 Å². The van der Waals surface area contributed by atoms with Crippen molar-refractivity contribution in [3.63, 3.8) is 0 Å². The Morgan fingerprint density at radius 1 is 1.18 bits per heavy atom. The fraction of sp³-hybridized carbons (Fsp3) is 0.550. The number of anilines is 1. The van der Waals surface area contributed by atoms with E-state index in [1.807, 2.05) is 34.6 Å². The highest BCUT2D eigenvalue weighted by Gasteiger charge is 2.76. The van der Waals surface area contributed by atoms with E-state index in [-0.39, 0.29) is 23.4 Å². The smallest absolute Gasteiger partial charge is 0.269 e. The molecule has 2 aliphatic rings. The first kappa shape index (κ1) is 20.0. The number of hydrogen-bond donors (Lipinski definition) is 2. The standard InChI is InChI=1S/C20H26N4O4/c1-12(2)21-17(26)20-11-10-19(5,18(20,3)4)15(16(20)25)23-22-13-6-8-14(9-7-13)24(27)28/h6-9,12,22H,10-11H2,1-5H3,(H,21,26). The molecule has 1 aromatic carbocycles. The number of amides is 1. The first-order chi connectivity index (χ1) is 13.0. The van der Waals surface area contributed by atoms with Gasteiger partial charge in [0.05, 0.1) is 10.6 Å². The minimum atomic E-state index is -1.12. The number of ketones is 1. The molecule has 0 heterocycles. The SMILES string of the molecule is CC(C)NC(=O)C12CCC(C)(C(=NNc3ccc([N+](=O)[O-])cc3)C1=O)C2(C)C. The molecule has 0 aliphatic heterocycles.